The predicted molar refractivity (Wildman–Crippen MR) is 67.3 cm³/mol. The van der Waals surface area contributed by atoms with Crippen molar-refractivity contribution >= 4 is 11.7 Å². The number of methoxy groups -OCH3 is 1. The van der Waals surface area contributed by atoms with Crippen molar-refractivity contribution in [1.29, 1.82) is 0 Å². The third-order valence-corrected chi connectivity index (χ3v) is 3.18. The summed E-state index contributed by atoms with van der Waals surface area (Å²) < 4.78 is 33.9. The highest BCUT2D eigenvalue weighted by Gasteiger charge is 2.66. The van der Waals surface area contributed by atoms with E-state index in [9.17, 15) is 13.6 Å². The number of nitrogens with two attached hydrogens (primary N) is 1. The number of nitrogens with zero attached hydrogens (tertiary/aromatic N) is 1. The maximum atomic E-state index is 14.7. The van der Waals surface area contributed by atoms with Gasteiger partial charge >= 0.3 is 17.5 Å². The van der Waals surface area contributed by atoms with Crippen LogP contribution in [-0.2, 0) is 20.3 Å². The van der Waals surface area contributed by atoms with Crippen molar-refractivity contribution in [3.05, 3.63) is 35.9 Å². The molecule has 0 fully saturated rings. The fraction of sp³-hybridized carbons (Fsp3) is 0.385. The Morgan fingerprint density at radius 3 is 2.65 bits per heavy atom. The molecule has 2 N–H and O–H groups in total. The molecule has 0 radical (unpaired) electrons. The molecule has 1 aliphatic rings. The average molecular weight is 284 g/mol. The molecule has 1 aromatic carbocycles. The van der Waals surface area contributed by atoms with E-state index in [4.69, 9.17) is 10.6 Å². The van der Waals surface area contributed by atoms with Crippen molar-refractivity contribution in [2.45, 2.75) is 17.9 Å². The summed E-state index contributed by atoms with van der Waals surface area (Å²) in [7, 11) is 1.02. The molecule has 2 rings (SSSR count). The summed E-state index contributed by atoms with van der Waals surface area (Å²) in [6.07, 6.45) is -0.405. The first-order chi connectivity index (χ1) is 9.48. The van der Waals surface area contributed by atoms with Gasteiger partial charge in [0.2, 0.25) is 0 Å². The maximum Gasteiger partial charge on any atom is 0.360 e. The van der Waals surface area contributed by atoms with E-state index in [1.54, 1.807) is 6.07 Å². The fourth-order valence-electron chi connectivity index (χ4n) is 2.06. The van der Waals surface area contributed by atoms with Gasteiger partial charge in [0, 0.05) is 12.1 Å². The second kappa shape index (κ2) is 5.16. The number of carbonyl (C=O) groups excluding carboxylic acids is 1. The molecule has 0 aliphatic carbocycles. The van der Waals surface area contributed by atoms with Crippen LogP contribution in [0.15, 0.2) is 35.5 Å². The lowest BCUT2D eigenvalue weighted by Crippen LogP contribution is -2.53. The minimum Gasteiger partial charge on any atom is -0.466 e. The molecule has 1 atom stereocenters. The molecule has 108 valence electrons. The van der Waals surface area contributed by atoms with E-state index in [1.807, 2.05) is 0 Å². The van der Waals surface area contributed by atoms with Crippen molar-refractivity contribution < 1.29 is 23.1 Å². The Bertz CT molecular complexity index is 534. The van der Waals surface area contributed by atoms with Crippen LogP contribution in [0.1, 0.15) is 12.0 Å². The van der Waals surface area contributed by atoms with E-state index in [0.29, 0.717) is 0 Å². The summed E-state index contributed by atoms with van der Waals surface area (Å²) in [5, 5.41) is 3.48. The number of hydrogen-bond donors (Lipinski definition) is 1. The van der Waals surface area contributed by atoms with Crippen molar-refractivity contribution in [1.82, 2.24) is 0 Å². The van der Waals surface area contributed by atoms with Gasteiger partial charge in [0.15, 0.2) is 0 Å². The van der Waals surface area contributed by atoms with Crippen LogP contribution in [0.2, 0.25) is 0 Å². The van der Waals surface area contributed by atoms with E-state index in [0.717, 1.165) is 7.11 Å². The quantitative estimate of drug-likeness (QED) is 0.849. The SMILES string of the molecule is COC(=O)C1(C(F)(F)c2ccccc2)CC(CN)=NO1. The summed E-state index contributed by atoms with van der Waals surface area (Å²) in [6, 6.07) is 6.94. The molecule has 7 heteroatoms. The summed E-state index contributed by atoms with van der Waals surface area (Å²) >= 11 is 0. The van der Waals surface area contributed by atoms with Crippen molar-refractivity contribution in [3.63, 3.8) is 0 Å². The fourth-order valence-corrected chi connectivity index (χ4v) is 2.06. The molecule has 5 nitrogen and oxygen atoms in total. The smallest absolute Gasteiger partial charge is 0.360 e. The topological polar surface area (TPSA) is 73.9 Å². The Balaban J connectivity index is 2.46. The van der Waals surface area contributed by atoms with Gasteiger partial charge in [-0.25, -0.2) is 4.79 Å². The zero-order valence-electron chi connectivity index (χ0n) is 10.8. The van der Waals surface area contributed by atoms with Crippen LogP contribution in [0.3, 0.4) is 0 Å². The van der Waals surface area contributed by atoms with E-state index < -0.39 is 23.9 Å². The molecule has 0 saturated heterocycles. The van der Waals surface area contributed by atoms with Crippen molar-refractivity contribution in [2.24, 2.45) is 10.9 Å². The van der Waals surface area contributed by atoms with E-state index in [1.165, 1.54) is 24.3 Å². The first-order valence-corrected chi connectivity index (χ1v) is 5.93. The third-order valence-electron chi connectivity index (χ3n) is 3.18. The number of rotatable bonds is 4. The molecule has 1 aliphatic heterocycles. The van der Waals surface area contributed by atoms with Crippen LogP contribution in [0.4, 0.5) is 8.78 Å². The number of halogens is 2. The Morgan fingerprint density at radius 1 is 1.50 bits per heavy atom. The predicted octanol–water partition coefficient (Wildman–Crippen LogP) is 1.43. The van der Waals surface area contributed by atoms with Gasteiger partial charge in [-0.15, -0.1) is 0 Å². The molecular formula is C13H14F2N2O3. The van der Waals surface area contributed by atoms with Crippen LogP contribution in [0.5, 0.6) is 0 Å². The molecular weight excluding hydrogens is 270 g/mol. The first-order valence-electron chi connectivity index (χ1n) is 5.93. The molecule has 20 heavy (non-hydrogen) atoms. The van der Waals surface area contributed by atoms with E-state index in [-0.39, 0.29) is 17.8 Å². The maximum absolute atomic E-state index is 14.7. The van der Waals surface area contributed by atoms with Crippen LogP contribution < -0.4 is 5.73 Å². The minimum absolute atomic E-state index is 0.0659. The van der Waals surface area contributed by atoms with Crippen molar-refractivity contribution in [2.75, 3.05) is 13.7 Å². The second-order valence-electron chi connectivity index (χ2n) is 4.39. The van der Waals surface area contributed by atoms with Crippen LogP contribution in [0.25, 0.3) is 0 Å². The van der Waals surface area contributed by atoms with Gasteiger partial charge in [-0.3, -0.25) is 0 Å². The first kappa shape index (κ1) is 14.4. The molecule has 0 saturated carbocycles. The summed E-state index contributed by atoms with van der Waals surface area (Å²) in [4.78, 5) is 16.7. The highest BCUT2D eigenvalue weighted by molar-refractivity contribution is 5.95. The van der Waals surface area contributed by atoms with Crippen LogP contribution in [0, 0.1) is 0 Å². The van der Waals surface area contributed by atoms with Gasteiger partial charge in [0.05, 0.1) is 19.2 Å². The number of alkyl halides is 2. The Hall–Kier alpha value is -2.02. The minimum atomic E-state index is -3.60. The van der Waals surface area contributed by atoms with E-state index >= 15 is 0 Å². The Labute approximate surface area is 114 Å². The second-order valence-corrected chi connectivity index (χ2v) is 4.39. The van der Waals surface area contributed by atoms with E-state index in [2.05, 4.69) is 9.89 Å². The zero-order valence-corrected chi connectivity index (χ0v) is 10.8. The number of oxime groups is 1. The van der Waals surface area contributed by atoms with Gasteiger partial charge in [0.1, 0.15) is 0 Å². The Kier molecular flexibility index (Phi) is 3.71. The van der Waals surface area contributed by atoms with Gasteiger partial charge in [-0.1, -0.05) is 35.5 Å². The van der Waals surface area contributed by atoms with Gasteiger partial charge in [-0.2, -0.15) is 8.78 Å². The average Bonchev–Trinajstić information content (AvgIpc) is 2.93. The number of hydrogen-bond acceptors (Lipinski definition) is 5. The van der Waals surface area contributed by atoms with Crippen LogP contribution in [-0.4, -0.2) is 30.9 Å². The van der Waals surface area contributed by atoms with Crippen molar-refractivity contribution in [3.8, 4) is 0 Å². The highest BCUT2D eigenvalue weighted by atomic mass is 19.3. The highest BCUT2D eigenvalue weighted by Crippen LogP contribution is 2.46. The molecule has 1 heterocycles. The number of ether oxygens (including phenoxy) is 1. The van der Waals surface area contributed by atoms with Gasteiger partial charge in [0.25, 0.3) is 0 Å². The molecule has 1 unspecified atom stereocenters. The molecule has 1 aromatic rings. The lowest BCUT2D eigenvalue weighted by Gasteiger charge is -2.32. The van der Waals surface area contributed by atoms with Crippen LogP contribution >= 0.6 is 0 Å². The zero-order chi connectivity index (χ0) is 14.8. The standard InChI is InChI=1S/C13H14F2N2O3/c1-19-11(18)12(7-10(8-16)17-20-12)13(14,15)9-5-3-2-4-6-9/h2-6H,7-8,16H2,1H3. The number of benzene rings is 1. The number of esters is 1. The molecule has 0 bridgehead atoms. The molecule has 0 spiro atoms. The summed E-state index contributed by atoms with van der Waals surface area (Å²) in [5.41, 5.74) is 2.71. The lowest BCUT2D eigenvalue weighted by atomic mass is 9.85. The third kappa shape index (κ3) is 2.03. The normalized spacial score (nSPS) is 22.1. The molecule has 0 aromatic heterocycles. The monoisotopic (exact) mass is 284 g/mol. The lowest BCUT2D eigenvalue weighted by molar-refractivity contribution is -0.222. The Morgan fingerprint density at radius 2 is 2.15 bits per heavy atom. The van der Waals surface area contributed by atoms with Gasteiger partial charge < -0.3 is 15.3 Å². The summed E-state index contributed by atoms with van der Waals surface area (Å²) in [6.45, 7) is -0.0659. The molecule has 0 amide bonds. The largest absolute Gasteiger partial charge is 0.466 e. The van der Waals surface area contributed by atoms with Gasteiger partial charge in [-0.05, 0) is 0 Å². The summed E-state index contributed by atoms with van der Waals surface area (Å²) in [5.74, 6) is -4.78. The number of carbonyl (C=O) groups is 1.